The molecule has 1 fully saturated rings. The highest BCUT2D eigenvalue weighted by Crippen LogP contribution is 2.28. The summed E-state index contributed by atoms with van der Waals surface area (Å²) >= 11 is 0. The molecule has 1 heterocycles. The minimum atomic E-state index is -0.790. The molecule has 2 N–H and O–H groups in total. The van der Waals surface area contributed by atoms with Crippen LogP contribution in [-0.4, -0.2) is 42.6 Å². The Morgan fingerprint density at radius 2 is 2.00 bits per heavy atom. The van der Waals surface area contributed by atoms with Gasteiger partial charge in [-0.25, -0.2) is 0 Å². The Bertz CT molecular complexity index is 349. The molecule has 6 heteroatoms. The lowest BCUT2D eigenvalue weighted by Crippen LogP contribution is -2.36. The molecule has 2 unspecified atom stereocenters. The number of hydrogen-bond acceptors (Lipinski definition) is 5. The minimum absolute atomic E-state index is 0.218. The van der Waals surface area contributed by atoms with Crippen molar-refractivity contribution in [1.29, 1.82) is 0 Å². The molecule has 2 rings (SSSR count). The lowest BCUT2D eigenvalue weighted by Gasteiger charge is -2.29. The minimum Gasteiger partial charge on any atom is -0.390 e. The Hall–Kier alpha value is -1.01. The van der Waals surface area contributed by atoms with Crippen molar-refractivity contribution in [3.8, 4) is 0 Å². The van der Waals surface area contributed by atoms with Crippen LogP contribution in [0.4, 0.5) is 0 Å². The van der Waals surface area contributed by atoms with E-state index in [-0.39, 0.29) is 12.3 Å². The van der Waals surface area contributed by atoms with Crippen molar-refractivity contribution in [2.75, 3.05) is 0 Å². The van der Waals surface area contributed by atoms with Gasteiger partial charge in [-0.05, 0) is 24.0 Å². The van der Waals surface area contributed by atoms with Crippen molar-refractivity contribution in [3.05, 3.63) is 5.82 Å². The number of aliphatic hydroxyl groups excluding tert-OH is 2. The van der Waals surface area contributed by atoms with E-state index >= 15 is 0 Å². The monoisotopic (exact) mass is 240 g/mol. The van der Waals surface area contributed by atoms with Crippen LogP contribution in [0.25, 0.3) is 0 Å². The third-order valence-electron chi connectivity index (χ3n) is 3.47. The third kappa shape index (κ3) is 3.23. The Morgan fingerprint density at radius 1 is 1.29 bits per heavy atom. The van der Waals surface area contributed by atoms with Crippen LogP contribution in [0.3, 0.4) is 0 Å². The number of rotatable bonds is 4. The summed E-state index contributed by atoms with van der Waals surface area (Å²) < 4.78 is 0. The molecule has 1 aromatic heterocycles. The van der Waals surface area contributed by atoms with Crippen LogP contribution in [0, 0.1) is 5.92 Å². The van der Waals surface area contributed by atoms with Crippen LogP contribution >= 0.6 is 0 Å². The van der Waals surface area contributed by atoms with E-state index in [1.165, 1.54) is 11.2 Å². The van der Waals surface area contributed by atoms with Gasteiger partial charge >= 0.3 is 0 Å². The summed E-state index contributed by atoms with van der Waals surface area (Å²) in [4.78, 5) is 1.36. The van der Waals surface area contributed by atoms with E-state index in [0.29, 0.717) is 5.82 Å². The number of aromatic nitrogens is 4. The molecule has 6 nitrogen and oxygen atoms in total. The van der Waals surface area contributed by atoms with Gasteiger partial charge < -0.3 is 10.2 Å². The first kappa shape index (κ1) is 12.4. The summed E-state index contributed by atoms with van der Waals surface area (Å²) in [7, 11) is 1.68. The standard InChI is InChI=1S/C11H20N4O2/c1-15-13-10(12-14-15)7-9(16)11(17)8-5-3-2-4-6-8/h8-9,11,16-17H,2-7H2,1H3. The van der Waals surface area contributed by atoms with Crippen molar-refractivity contribution < 1.29 is 10.2 Å². The van der Waals surface area contributed by atoms with E-state index < -0.39 is 12.2 Å². The number of nitrogens with zero attached hydrogens (tertiary/aromatic N) is 4. The molecule has 96 valence electrons. The smallest absolute Gasteiger partial charge is 0.177 e. The maximum atomic E-state index is 10.1. The van der Waals surface area contributed by atoms with Gasteiger partial charge in [-0.2, -0.15) is 4.80 Å². The highest BCUT2D eigenvalue weighted by molar-refractivity contribution is 4.87. The summed E-state index contributed by atoms with van der Waals surface area (Å²) in [6.07, 6.45) is 4.37. The molecule has 1 aliphatic carbocycles. The fourth-order valence-corrected chi connectivity index (χ4v) is 2.50. The van der Waals surface area contributed by atoms with Gasteiger partial charge in [0.25, 0.3) is 0 Å². The lowest BCUT2D eigenvalue weighted by molar-refractivity contribution is -0.0272. The van der Waals surface area contributed by atoms with Crippen LogP contribution in [0.1, 0.15) is 37.9 Å². The van der Waals surface area contributed by atoms with Crippen molar-refractivity contribution in [2.24, 2.45) is 13.0 Å². The molecule has 2 atom stereocenters. The fraction of sp³-hybridized carbons (Fsp3) is 0.909. The van der Waals surface area contributed by atoms with Gasteiger partial charge in [-0.15, -0.1) is 10.2 Å². The maximum absolute atomic E-state index is 10.1. The van der Waals surface area contributed by atoms with Crippen molar-refractivity contribution >= 4 is 0 Å². The summed E-state index contributed by atoms with van der Waals surface area (Å²) in [6.45, 7) is 0. The molecule has 17 heavy (non-hydrogen) atoms. The second-order valence-corrected chi connectivity index (χ2v) is 4.86. The van der Waals surface area contributed by atoms with Crippen LogP contribution in [0.15, 0.2) is 0 Å². The van der Waals surface area contributed by atoms with E-state index in [9.17, 15) is 10.2 Å². The molecule has 0 spiro atoms. The van der Waals surface area contributed by atoms with E-state index in [2.05, 4.69) is 15.4 Å². The molecule has 1 aliphatic rings. The molecule has 1 saturated carbocycles. The molecule has 0 aliphatic heterocycles. The number of aliphatic hydroxyl groups is 2. The van der Waals surface area contributed by atoms with Gasteiger partial charge in [0, 0.05) is 6.42 Å². The topological polar surface area (TPSA) is 84.1 Å². The van der Waals surface area contributed by atoms with Gasteiger partial charge in [-0.1, -0.05) is 19.3 Å². The average Bonchev–Trinajstić information content (AvgIpc) is 2.75. The Balaban J connectivity index is 1.87. The predicted octanol–water partition coefficient (Wildman–Crippen LogP) is 0.0547. The van der Waals surface area contributed by atoms with E-state index in [0.717, 1.165) is 25.7 Å². The molecule has 0 amide bonds. The molecule has 0 aromatic carbocycles. The number of aryl methyl sites for hydroxylation is 1. The highest BCUT2D eigenvalue weighted by Gasteiger charge is 2.28. The van der Waals surface area contributed by atoms with Crippen LogP contribution < -0.4 is 0 Å². The fourth-order valence-electron chi connectivity index (χ4n) is 2.50. The first-order valence-corrected chi connectivity index (χ1v) is 6.26. The van der Waals surface area contributed by atoms with Crippen molar-refractivity contribution in [1.82, 2.24) is 20.2 Å². The van der Waals surface area contributed by atoms with Crippen LogP contribution in [-0.2, 0) is 13.5 Å². The van der Waals surface area contributed by atoms with Crippen molar-refractivity contribution in [3.63, 3.8) is 0 Å². The summed E-state index contributed by atoms with van der Waals surface area (Å²) in [6, 6.07) is 0. The van der Waals surface area contributed by atoms with Gasteiger partial charge in [-0.3, -0.25) is 0 Å². The molecular weight excluding hydrogens is 220 g/mol. The lowest BCUT2D eigenvalue weighted by atomic mass is 9.83. The van der Waals surface area contributed by atoms with Crippen LogP contribution in [0.5, 0.6) is 0 Å². The Morgan fingerprint density at radius 3 is 2.59 bits per heavy atom. The first-order chi connectivity index (χ1) is 8.16. The summed E-state index contributed by atoms with van der Waals surface area (Å²) in [5.74, 6) is 0.699. The first-order valence-electron chi connectivity index (χ1n) is 6.26. The maximum Gasteiger partial charge on any atom is 0.177 e. The quantitative estimate of drug-likeness (QED) is 0.777. The molecular formula is C11H20N4O2. The normalized spacial score (nSPS) is 21.4. The van der Waals surface area contributed by atoms with E-state index in [1.807, 2.05) is 0 Å². The number of hydrogen-bond donors (Lipinski definition) is 2. The third-order valence-corrected chi connectivity index (χ3v) is 3.47. The zero-order valence-corrected chi connectivity index (χ0v) is 10.2. The van der Waals surface area contributed by atoms with Gasteiger partial charge in [0.2, 0.25) is 0 Å². The number of tetrazole rings is 1. The Labute approximate surface area is 101 Å². The SMILES string of the molecule is Cn1nnc(CC(O)C(O)C2CCCCC2)n1. The predicted molar refractivity (Wildman–Crippen MR) is 61.1 cm³/mol. The molecule has 0 radical (unpaired) electrons. The zero-order chi connectivity index (χ0) is 12.3. The molecule has 0 saturated heterocycles. The average molecular weight is 240 g/mol. The summed E-state index contributed by atoms with van der Waals surface area (Å²) in [5.41, 5.74) is 0. The zero-order valence-electron chi connectivity index (χ0n) is 10.2. The highest BCUT2D eigenvalue weighted by atomic mass is 16.3. The van der Waals surface area contributed by atoms with Gasteiger partial charge in [0.1, 0.15) is 0 Å². The van der Waals surface area contributed by atoms with Gasteiger partial charge in [0.15, 0.2) is 5.82 Å². The summed E-state index contributed by atoms with van der Waals surface area (Å²) in [5, 5.41) is 31.6. The van der Waals surface area contributed by atoms with E-state index in [4.69, 9.17) is 0 Å². The Kier molecular flexibility index (Phi) is 4.06. The van der Waals surface area contributed by atoms with Crippen LogP contribution in [0.2, 0.25) is 0 Å². The van der Waals surface area contributed by atoms with E-state index in [1.54, 1.807) is 7.05 Å². The largest absolute Gasteiger partial charge is 0.390 e. The van der Waals surface area contributed by atoms with Gasteiger partial charge in [0.05, 0.1) is 19.3 Å². The molecule has 0 bridgehead atoms. The van der Waals surface area contributed by atoms with Crippen molar-refractivity contribution in [2.45, 2.75) is 50.7 Å². The second-order valence-electron chi connectivity index (χ2n) is 4.86. The molecule has 1 aromatic rings. The second kappa shape index (κ2) is 5.55.